The van der Waals surface area contributed by atoms with Gasteiger partial charge in [-0.1, -0.05) is 49.3 Å². The number of allylic oxidation sites excluding steroid dienone is 6. The summed E-state index contributed by atoms with van der Waals surface area (Å²) in [6.07, 6.45) is 3.77. The molecule has 0 fully saturated rings. The van der Waals surface area contributed by atoms with E-state index in [1.54, 1.807) is 0 Å². The lowest BCUT2D eigenvalue weighted by molar-refractivity contribution is -0.115. The standard InChI is InChI=1S/C27H33F3O2/c1-4-20-12-17(3)13-21(5-2)25(20)26-23(31)15-19(16-24(26)32)10-6-8-18-9-7-11-22(14-18)27(28,29)30/h9,12-14,19,31H,4-8,10-11,15-16H2,1-3H3. The van der Waals surface area contributed by atoms with Crippen molar-refractivity contribution in [1.82, 2.24) is 0 Å². The van der Waals surface area contributed by atoms with Crippen LogP contribution in [0, 0.1) is 12.8 Å². The molecule has 1 atom stereocenters. The predicted octanol–water partition coefficient (Wildman–Crippen LogP) is 7.75. The zero-order valence-electron chi connectivity index (χ0n) is 19.2. The quantitative estimate of drug-likeness (QED) is 0.465. The molecule has 1 N–H and O–H groups in total. The Kier molecular flexibility index (Phi) is 7.68. The summed E-state index contributed by atoms with van der Waals surface area (Å²) in [4.78, 5) is 13.1. The minimum absolute atomic E-state index is 0.0249. The van der Waals surface area contributed by atoms with Crippen LogP contribution in [0.5, 0.6) is 0 Å². The number of hydrogen-bond donors (Lipinski definition) is 1. The van der Waals surface area contributed by atoms with Gasteiger partial charge in [0.1, 0.15) is 5.76 Å². The molecule has 0 aliphatic heterocycles. The molecule has 0 amide bonds. The number of halogens is 3. The third kappa shape index (κ3) is 5.54. The number of aliphatic hydroxyl groups is 1. The minimum Gasteiger partial charge on any atom is -0.512 e. The van der Waals surface area contributed by atoms with Crippen molar-refractivity contribution in [3.05, 3.63) is 63.4 Å². The minimum atomic E-state index is -4.26. The maximum absolute atomic E-state index is 13.1. The Bertz CT molecular complexity index is 939. The number of aryl methyl sites for hydroxylation is 3. The summed E-state index contributed by atoms with van der Waals surface area (Å²) in [6, 6.07) is 4.18. The first-order valence-corrected chi connectivity index (χ1v) is 11.7. The number of rotatable bonds is 7. The number of hydrogen-bond acceptors (Lipinski definition) is 2. The molecule has 0 bridgehead atoms. The summed E-state index contributed by atoms with van der Waals surface area (Å²) in [5, 5.41) is 10.9. The van der Waals surface area contributed by atoms with E-state index in [0.717, 1.165) is 40.7 Å². The molecular formula is C27H33F3O2. The van der Waals surface area contributed by atoms with Crippen molar-refractivity contribution in [2.24, 2.45) is 5.92 Å². The maximum atomic E-state index is 13.1. The van der Waals surface area contributed by atoms with Crippen molar-refractivity contribution in [1.29, 1.82) is 0 Å². The second-order valence-corrected chi connectivity index (χ2v) is 9.06. The number of alkyl halides is 3. The zero-order chi connectivity index (χ0) is 23.5. The molecule has 174 valence electrons. The molecule has 2 aliphatic carbocycles. The van der Waals surface area contributed by atoms with Crippen molar-refractivity contribution in [3.8, 4) is 0 Å². The van der Waals surface area contributed by atoms with Gasteiger partial charge in [-0.25, -0.2) is 0 Å². The number of aliphatic hydroxyl groups excluding tert-OH is 1. The van der Waals surface area contributed by atoms with E-state index in [0.29, 0.717) is 44.1 Å². The fourth-order valence-electron chi connectivity index (χ4n) is 5.04. The van der Waals surface area contributed by atoms with Crippen molar-refractivity contribution >= 4 is 11.4 Å². The van der Waals surface area contributed by atoms with E-state index in [4.69, 9.17) is 0 Å². The van der Waals surface area contributed by atoms with E-state index >= 15 is 0 Å². The Labute approximate surface area is 188 Å². The molecule has 0 spiro atoms. The van der Waals surface area contributed by atoms with Crippen molar-refractivity contribution in [2.45, 2.75) is 84.7 Å². The van der Waals surface area contributed by atoms with Crippen LogP contribution < -0.4 is 0 Å². The second kappa shape index (κ2) is 10.1. The molecule has 0 saturated heterocycles. The summed E-state index contributed by atoms with van der Waals surface area (Å²) < 4.78 is 38.9. The van der Waals surface area contributed by atoms with Gasteiger partial charge in [0, 0.05) is 18.4 Å². The van der Waals surface area contributed by atoms with Gasteiger partial charge in [-0.05, 0) is 74.5 Å². The average Bonchev–Trinajstić information content (AvgIpc) is 2.73. The normalized spacial score (nSPS) is 19.8. The van der Waals surface area contributed by atoms with Crippen LogP contribution in [0.1, 0.15) is 81.0 Å². The molecule has 0 saturated carbocycles. The molecule has 0 radical (unpaired) electrons. The van der Waals surface area contributed by atoms with Gasteiger partial charge < -0.3 is 5.11 Å². The molecule has 1 aromatic carbocycles. The van der Waals surface area contributed by atoms with E-state index in [1.807, 2.05) is 13.0 Å². The van der Waals surface area contributed by atoms with E-state index in [2.05, 4.69) is 26.0 Å². The average molecular weight is 447 g/mol. The largest absolute Gasteiger partial charge is 0.512 e. The molecule has 32 heavy (non-hydrogen) atoms. The number of ketones is 1. The molecule has 5 heteroatoms. The first kappa shape index (κ1) is 24.3. The Morgan fingerprint density at radius 2 is 1.75 bits per heavy atom. The Morgan fingerprint density at radius 1 is 1.09 bits per heavy atom. The van der Waals surface area contributed by atoms with Crippen LogP contribution in [0.3, 0.4) is 0 Å². The summed E-state index contributed by atoms with van der Waals surface area (Å²) in [6.45, 7) is 6.16. The first-order chi connectivity index (χ1) is 15.1. The third-order valence-electron chi connectivity index (χ3n) is 6.60. The SMILES string of the molecule is CCc1cc(C)cc(CC)c1C1=C(O)CC(CCCC2=CCCC(C(F)(F)F)=C2)CC1=O. The highest BCUT2D eigenvalue weighted by Crippen LogP contribution is 2.38. The predicted molar refractivity (Wildman–Crippen MR) is 123 cm³/mol. The van der Waals surface area contributed by atoms with Crippen LogP contribution in [0.25, 0.3) is 5.57 Å². The van der Waals surface area contributed by atoms with Gasteiger partial charge >= 0.3 is 6.18 Å². The second-order valence-electron chi connectivity index (χ2n) is 9.06. The fourth-order valence-corrected chi connectivity index (χ4v) is 5.04. The van der Waals surface area contributed by atoms with Gasteiger partial charge in [-0.2, -0.15) is 13.2 Å². The lowest BCUT2D eigenvalue weighted by atomic mass is 9.78. The molecule has 0 heterocycles. The molecule has 3 rings (SSSR count). The maximum Gasteiger partial charge on any atom is 0.412 e. The van der Waals surface area contributed by atoms with Crippen LogP contribution in [-0.4, -0.2) is 17.1 Å². The summed E-state index contributed by atoms with van der Waals surface area (Å²) in [7, 11) is 0. The highest BCUT2D eigenvalue weighted by molar-refractivity contribution is 6.22. The van der Waals surface area contributed by atoms with E-state index in [-0.39, 0.29) is 23.9 Å². The van der Waals surface area contributed by atoms with Crippen molar-refractivity contribution in [2.75, 3.05) is 0 Å². The smallest absolute Gasteiger partial charge is 0.412 e. The van der Waals surface area contributed by atoms with Crippen LogP contribution in [-0.2, 0) is 17.6 Å². The molecule has 2 nitrogen and oxygen atoms in total. The van der Waals surface area contributed by atoms with Gasteiger partial charge in [0.2, 0.25) is 0 Å². The first-order valence-electron chi connectivity index (χ1n) is 11.7. The lowest BCUT2D eigenvalue weighted by Gasteiger charge is -2.26. The Hall–Kier alpha value is -2.30. The molecular weight excluding hydrogens is 413 g/mol. The highest BCUT2D eigenvalue weighted by atomic mass is 19.4. The fraction of sp³-hybridized carbons (Fsp3) is 0.519. The van der Waals surface area contributed by atoms with Gasteiger partial charge in [0.15, 0.2) is 5.78 Å². The van der Waals surface area contributed by atoms with Gasteiger partial charge in [-0.15, -0.1) is 0 Å². The topological polar surface area (TPSA) is 37.3 Å². The zero-order valence-corrected chi connectivity index (χ0v) is 19.2. The van der Waals surface area contributed by atoms with E-state index in [1.165, 1.54) is 6.08 Å². The van der Waals surface area contributed by atoms with Crippen LogP contribution in [0.4, 0.5) is 13.2 Å². The Morgan fingerprint density at radius 3 is 2.31 bits per heavy atom. The molecule has 2 aliphatic rings. The van der Waals surface area contributed by atoms with Gasteiger partial charge in [0.25, 0.3) is 0 Å². The van der Waals surface area contributed by atoms with Crippen LogP contribution in [0.2, 0.25) is 0 Å². The third-order valence-corrected chi connectivity index (χ3v) is 6.60. The van der Waals surface area contributed by atoms with E-state index in [9.17, 15) is 23.1 Å². The van der Waals surface area contributed by atoms with Crippen LogP contribution in [0.15, 0.2) is 41.2 Å². The number of benzene rings is 1. The number of Topliss-reactive ketones (excluding diaryl/α,β-unsaturated/α-hetero) is 1. The highest BCUT2D eigenvalue weighted by Gasteiger charge is 2.34. The monoisotopic (exact) mass is 446 g/mol. The van der Waals surface area contributed by atoms with Crippen LogP contribution >= 0.6 is 0 Å². The number of carbonyl (C=O) groups excluding carboxylic acids is 1. The van der Waals surface area contributed by atoms with E-state index < -0.39 is 11.7 Å². The summed E-state index contributed by atoms with van der Waals surface area (Å²) >= 11 is 0. The van der Waals surface area contributed by atoms with Gasteiger partial charge in [-0.3, -0.25) is 4.79 Å². The van der Waals surface area contributed by atoms with Crippen molar-refractivity contribution < 1.29 is 23.1 Å². The lowest BCUT2D eigenvalue weighted by Crippen LogP contribution is -2.20. The summed E-state index contributed by atoms with van der Waals surface area (Å²) in [5.74, 6) is 0.167. The molecule has 1 aromatic rings. The summed E-state index contributed by atoms with van der Waals surface area (Å²) in [5.41, 5.74) is 4.99. The number of carbonyl (C=O) groups is 1. The molecule has 1 unspecified atom stereocenters. The van der Waals surface area contributed by atoms with Crippen molar-refractivity contribution in [3.63, 3.8) is 0 Å². The van der Waals surface area contributed by atoms with Gasteiger partial charge in [0.05, 0.1) is 5.57 Å². The Balaban J connectivity index is 1.70. The molecule has 0 aromatic heterocycles.